The zero-order chi connectivity index (χ0) is 53.2. The Morgan fingerprint density at radius 3 is 1.39 bits per heavy atom. The summed E-state index contributed by atoms with van der Waals surface area (Å²) in [5.41, 5.74) is 4.37. The van der Waals surface area contributed by atoms with Crippen LogP contribution in [-0.4, -0.2) is 108 Å². The Labute approximate surface area is 448 Å². The molecule has 7 aromatic carbocycles. The fraction of sp³-hybridized carbons (Fsp3) is 0.290. The molecule has 2 fully saturated rings. The van der Waals surface area contributed by atoms with Crippen molar-refractivity contribution < 1.29 is 62.8 Å². The van der Waals surface area contributed by atoms with Crippen LogP contribution in [-0.2, 0) is 74.7 Å². The molecule has 400 valence electrons. The second kappa shape index (κ2) is 27.3. The third-order valence-electron chi connectivity index (χ3n) is 13.5. The van der Waals surface area contributed by atoms with E-state index in [0.717, 1.165) is 33.4 Å². The molecule has 0 bridgehead atoms. The van der Waals surface area contributed by atoms with Gasteiger partial charge in [-0.1, -0.05) is 212 Å². The van der Waals surface area contributed by atoms with Gasteiger partial charge in [0.2, 0.25) is 5.91 Å². The minimum Gasteiger partial charge on any atom is -0.445 e. The summed E-state index contributed by atoms with van der Waals surface area (Å²) in [4.78, 5) is 28.5. The van der Waals surface area contributed by atoms with Crippen molar-refractivity contribution in [2.75, 3.05) is 19.8 Å². The molecule has 0 aliphatic carbocycles. The van der Waals surface area contributed by atoms with E-state index in [9.17, 15) is 24.9 Å². The van der Waals surface area contributed by atoms with Gasteiger partial charge < -0.3 is 63.8 Å². The van der Waals surface area contributed by atoms with E-state index in [1.54, 1.807) is 12.1 Å². The highest BCUT2D eigenvalue weighted by Gasteiger charge is 2.53. The van der Waals surface area contributed by atoms with Crippen LogP contribution in [0.3, 0.4) is 0 Å². The predicted octanol–water partition coefficient (Wildman–Crippen LogP) is 7.34. The number of benzene rings is 7. The van der Waals surface area contributed by atoms with Gasteiger partial charge in [-0.05, 0) is 38.9 Å². The van der Waals surface area contributed by atoms with Gasteiger partial charge in [0.15, 0.2) is 12.6 Å². The number of hydrogen-bond acceptors (Lipinski definition) is 13. The molecule has 0 radical (unpaired) electrons. The fourth-order valence-corrected chi connectivity index (χ4v) is 9.70. The zero-order valence-corrected chi connectivity index (χ0v) is 42.4. The van der Waals surface area contributed by atoms with Crippen molar-refractivity contribution in [1.29, 1.82) is 0 Å². The highest BCUT2D eigenvalue weighted by atomic mass is 16.7. The van der Waals surface area contributed by atoms with Gasteiger partial charge in [0.25, 0.3) is 0 Å². The van der Waals surface area contributed by atoms with Gasteiger partial charge in [-0.3, -0.25) is 4.79 Å². The van der Waals surface area contributed by atoms with Crippen molar-refractivity contribution in [2.45, 2.75) is 93.3 Å². The lowest BCUT2D eigenvalue weighted by molar-refractivity contribution is -0.355. The molecule has 0 spiro atoms. The Morgan fingerprint density at radius 1 is 0.481 bits per heavy atom. The maximum Gasteiger partial charge on any atom is 0.407 e. The number of carbonyl (C=O) groups excluding carboxylic acids is 2. The van der Waals surface area contributed by atoms with Gasteiger partial charge >= 0.3 is 6.09 Å². The number of rotatable bonds is 23. The lowest BCUT2D eigenvalue weighted by Crippen LogP contribution is -2.68. The Hall–Kier alpha value is -7.12. The molecule has 0 aromatic heterocycles. The van der Waals surface area contributed by atoms with E-state index >= 15 is 0 Å². The summed E-state index contributed by atoms with van der Waals surface area (Å²) in [5.74, 6) is -0.556. The van der Waals surface area contributed by atoms with Gasteiger partial charge in [-0.25, -0.2) is 4.79 Å². The number of hydrogen-bond donors (Lipinski definition) is 5. The minimum atomic E-state index is -1.71. The van der Waals surface area contributed by atoms with Crippen molar-refractivity contribution >= 4 is 12.0 Å². The third-order valence-corrected chi connectivity index (χ3v) is 13.5. The lowest BCUT2D eigenvalue weighted by atomic mass is 9.77. The average molecular weight is 1050 g/mol. The first kappa shape index (κ1) is 54.7. The first-order valence-corrected chi connectivity index (χ1v) is 25.7. The standard InChI is InChI=1S/C62H64N2O13/c65-36-50-57(71-38-44-24-10-2-11-25-44)58(72-39-45-26-12-3-13-27-45)55(68)60(75-50)77-56-51(41-70-37-43-22-8-1-9-23-43)76-59(53(54(56)67)63-61(69)74-40-46-28-14-4-15-29-46)73-42-52(66)64-62(47-30-16-5-17-31-47,48-32-18-6-19-33-48)49-34-20-7-21-35-49/h1-35,50-51,53-60,65,67-68H,36-42H2,(H,63,69)(H,64,66)/t50-,51-,53-,54+,55-,56-,57-,58-,59-,60+/m1/s1. The van der Waals surface area contributed by atoms with Crippen LogP contribution in [0.5, 0.6) is 0 Å². The fourth-order valence-electron chi connectivity index (χ4n) is 9.70. The third kappa shape index (κ3) is 14.1. The molecule has 2 aliphatic rings. The highest BCUT2D eigenvalue weighted by Crippen LogP contribution is 2.38. The van der Waals surface area contributed by atoms with Crippen LogP contribution in [0.1, 0.15) is 38.9 Å². The molecule has 15 heteroatoms. The summed E-state index contributed by atoms with van der Waals surface area (Å²) >= 11 is 0. The van der Waals surface area contributed by atoms with Gasteiger partial charge in [0.1, 0.15) is 67.5 Å². The summed E-state index contributed by atoms with van der Waals surface area (Å²) in [6.45, 7) is -1.17. The summed E-state index contributed by atoms with van der Waals surface area (Å²) in [6.07, 6.45) is -13.1. The number of ether oxygens (including phenoxy) is 8. The molecule has 10 atom stereocenters. The van der Waals surface area contributed by atoms with E-state index in [0.29, 0.717) is 5.56 Å². The van der Waals surface area contributed by atoms with Crippen LogP contribution in [0.2, 0.25) is 0 Å². The normalized spacial score (nSPS) is 23.4. The second-order valence-corrected chi connectivity index (χ2v) is 18.8. The van der Waals surface area contributed by atoms with Crippen LogP contribution >= 0.6 is 0 Å². The monoisotopic (exact) mass is 1040 g/mol. The summed E-state index contributed by atoms with van der Waals surface area (Å²) in [6, 6.07) is 64.6. The Morgan fingerprint density at radius 2 is 0.909 bits per heavy atom. The van der Waals surface area contributed by atoms with Gasteiger partial charge in [0, 0.05) is 0 Å². The van der Waals surface area contributed by atoms with Gasteiger partial charge in [0.05, 0.1) is 33.0 Å². The van der Waals surface area contributed by atoms with E-state index in [1.165, 1.54) is 0 Å². The van der Waals surface area contributed by atoms with Gasteiger partial charge in [-0.2, -0.15) is 0 Å². The first-order valence-electron chi connectivity index (χ1n) is 25.7. The first-order chi connectivity index (χ1) is 37.8. The Balaban J connectivity index is 1.01. The molecule has 0 saturated carbocycles. The topological polar surface area (TPSA) is 193 Å². The molecule has 2 aliphatic heterocycles. The Bertz CT molecular complexity index is 2750. The molecule has 0 unspecified atom stereocenters. The quantitative estimate of drug-likeness (QED) is 0.0400. The van der Waals surface area contributed by atoms with Crippen LogP contribution in [0, 0.1) is 0 Å². The number of amides is 2. The van der Waals surface area contributed by atoms with E-state index in [2.05, 4.69) is 10.6 Å². The number of carbonyl (C=O) groups is 2. The van der Waals surface area contributed by atoms with E-state index in [4.69, 9.17) is 37.9 Å². The maximum atomic E-state index is 14.6. The second-order valence-electron chi connectivity index (χ2n) is 18.8. The largest absolute Gasteiger partial charge is 0.445 e. The molecular formula is C62H64N2O13. The number of aliphatic hydroxyl groups is 3. The van der Waals surface area contributed by atoms with Crippen molar-refractivity contribution in [3.63, 3.8) is 0 Å². The van der Waals surface area contributed by atoms with Crippen molar-refractivity contribution in [2.24, 2.45) is 0 Å². The van der Waals surface area contributed by atoms with Crippen molar-refractivity contribution in [1.82, 2.24) is 10.6 Å². The van der Waals surface area contributed by atoms with Crippen LogP contribution in [0.4, 0.5) is 4.79 Å². The lowest BCUT2D eigenvalue weighted by Gasteiger charge is -2.48. The number of aliphatic hydroxyl groups excluding tert-OH is 3. The smallest absolute Gasteiger partial charge is 0.407 e. The maximum absolute atomic E-state index is 14.6. The minimum absolute atomic E-state index is 0.0661. The molecule has 2 heterocycles. The number of alkyl carbamates (subject to hydrolysis) is 1. The van der Waals surface area contributed by atoms with Crippen LogP contribution in [0.15, 0.2) is 212 Å². The summed E-state index contributed by atoms with van der Waals surface area (Å²) < 4.78 is 50.7. The van der Waals surface area contributed by atoms with Crippen LogP contribution in [0.25, 0.3) is 0 Å². The SMILES string of the molecule is O=C(CO[C@@H]1O[C@H](COCc2ccccc2)[C@@H](O[C@@H]2O[C@H](CO)[C@@H](OCc3ccccc3)[C@H](OCc3ccccc3)[C@H]2O)[C@@H](O)[C@H]1NC(=O)OCc1ccccc1)NC(c1ccccc1)(c1ccccc1)c1ccccc1. The number of nitrogens with one attached hydrogen (secondary N) is 2. The van der Waals surface area contributed by atoms with E-state index < -0.39 is 92.1 Å². The molecule has 2 saturated heterocycles. The molecular weight excluding hydrogens is 981 g/mol. The van der Waals surface area contributed by atoms with Crippen LogP contribution < -0.4 is 10.6 Å². The molecule has 15 nitrogen and oxygen atoms in total. The molecule has 5 N–H and O–H groups in total. The van der Waals surface area contributed by atoms with Gasteiger partial charge in [-0.15, -0.1) is 0 Å². The highest BCUT2D eigenvalue weighted by molar-refractivity contribution is 5.80. The van der Waals surface area contributed by atoms with E-state index in [-0.39, 0.29) is 33.0 Å². The Kier molecular flexibility index (Phi) is 19.4. The zero-order valence-electron chi connectivity index (χ0n) is 42.4. The molecule has 9 rings (SSSR count). The predicted molar refractivity (Wildman–Crippen MR) is 284 cm³/mol. The molecule has 77 heavy (non-hydrogen) atoms. The molecule has 2 amide bonds. The molecule has 7 aromatic rings. The van der Waals surface area contributed by atoms with Crippen molar-refractivity contribution in [3.05, 3.63) is 251 Å². The van der Waals surface area contributed by atoms with E-state index in [1.807, 2.05) is 200 Å². The average Bonchev–Trinajstić information content (AvgIpc) is 3.51. The summed E-state index contributed by atoms with van der Waals surface area (Å²) in [7, 11) is 0. The van der Waals surface area contributed by atoms with Crippen molar-refractivity contribution in [3.8, 4) is 0 Å². The summed E-state index contributed by atoms with van der Waals surface area (Å²) in [5, 5.41) is 41.9.